The summed E-state index contributed by atoms with van der Waals surface area (Å²) < 4.78 is 57.3. The molecule has 0 saturated carbocycles. The highest BCUT2D eigenvalue weighted by molar-refractivity contribution is 7.90. The second-order valence-corrected chi connectivity index (χ2v) is 10.4. The van der Waals surface area contributed by atoms with E-state index < -0.39 is 31.9 Å². The summed E-state index contributed by atoms with van der Waals surface area (Å²) in [5.41, 5.74) is 0.397. The molecule has 1 unspecified atom stereocenters. The van der Waals surface area contributed by atoms with E-state index in [1.165, 1.54) is 48.9 Å². The van der Waals surface area contributed by atoms with Crippen LogP contribution in [0.15, 0.2) is 64.8 Å². The molecule has 164 valence electrons. The number of aromatic amines is 1. The number of carbonyl (C=O) groups is 1. The number of nitrogens with zero attached hydrogens (tertiary/aromatic N) is 1. The zero-order valence-corrected chi connectivity index (χ0v) is 18.1. The largest absolute Gasteiger partial charge is 0.478 e. The van der Waals surface area contributed by atoms with Crippen LogP contribution < -0.4 is 9.46 Å². The Labute approximate surface area is 178 Å². The van der Waals surface area contributed by atoms with E-state index in [0.717, 1.165) is 12.3 Å². The van der Waals surface area contributed by atoms with Crippen LogP contribution in [-0.4, -0.2) is 44.1 Å². The topological polar surface area (TPSA) is 156 Å². The molecule has 3 rings (SSSR count). The molecule has 12 heteroatoms. The molecule has 31 heavy (non-hydrogen) atoms. The highest BCUT2D eigenvalue weighted by Gasteiger charge is 2.21. The summed E-state index contributed by atoms with van der Waals surface area (Å²) in [6.45, 7) is 1.66. The Hall–Kier alpha value is -3.22. The van der Waals surface area contributed by atoms with Crippen molar-refractivity contribution in [3.8, 4) is 11.5 Å². The molecule has 0 radical (unpaired) electrons. The number of ether oxygens (including phenoxy) is 1. The van der Waals surface area contributed by atoms with Crippen molar-refractivity contribution in [1.29, 1.82) is 0 Å². The number of rotatable bonds is 8. The molecule has 0 amide bonds. The fraction of sp³-hybridized carbons (Fsp3) is 0.158. The Morgan fingerprint density at radius 2 is 1.81 bits per heavy atom. The number of sulfonamides is 1. The van der Waals surface area contributed by atoms with Crippen LogP contribution in [0.3, 0.4) is 0 Å². The summed E-state index contributed by atoms with van der Waals surface area (Å²) in [4.78, 5) is 17.5. The van der Waals surface area contributed by atoms with Gasteiger partial charge in [0.05, 0.1) is 28.5 Å². The second kappa shape index (κ2) is 8.49. The number of hydrogen-bond acceptors (Lipinski definition) is 7. The van der Waals surface area contributed by atoms with Crippen LogP contribution in [0.4, 0.5) is 0 Å². The molecule has 0 fully saturated rings. The third kappa shape index (κ3) is 5.29. The number of carboxylic acid groups (broad SMARTS) is 1. The van der Waals surface area contributed by atoms with Crippen LogP contribution in [-0.2, 0) is 19.9 Å². The molecule has 0 aliphatic heterocycles. The van der Waals surface area contributed by atoms with Gasteiger partial charge in [-0.1, -0.05) is 0 Å². The first-order valence-corrected chi connectivity index (χ1v) is 12.2. The van der Waals surface area contributed by atoms with Crippen molar-refractivity contribution in [2.75, 3.05) is 6.26 Å². The molecule has 3 aromatic rings. The Kier molecular flexibility index (Phi) is 6.15. The van der Waals surface area contributed by atoms with Crippen molar-refractivity contribution in [3.63, 3.8) is 0 Å². The number of aromatic nitrogens is 2. The molecule has 10 nitrogen and oxygen atoms in total. The molecule has 0 spiro atoms. The summed E-state index contributed by atoms with van der Waals surface area (Å²) in [6.07, 6.45) is 3.89. The monoisotopic (exact) mass is 465 g/mol. The van der Waals surface area contributed by atoms with Gasteiger partial charge >= 0.3 is 5.97 Å². The van der Waals surface area contributed by atoms with Gasteiger partial charge < -0.3 is 14.8 Å². The average Bonchev–Trinajstić information content (AvgIpc) is 3.22. The van der Waals surface area contributed by atoms with Gasteiger partial charge in [0.15, 0.2) is 9.84 Å². The third-order valence-corrected chi connectivity index (χ3v) is 6.94. The van der Waals surface area contributed by atoms with Crippen molar-refractivity contribution in [2.45, 2.75) is 22.8 Å². The standard InChI is InChI=1S/C19H19N3O7S2/c1-12(16-10-20-11-21-16)22-31(27,28)15-6-4-14(5-7-15)29-17-8-3-13(19(23)24)9-18(17)30(2,25)26/h3-12,22H,1-2H3,(H,20,21)(H,23,24). The number of imidazole rings is 1. The Morgan fingerprint density at radius 3 is 2.35 bits per heavy atom. The van der Waals surface area contributed by atoms with Crippen molar-refractivity contribution >= 4 is 25.8 Å². The van der Waals surface area contributed by atoms with E-state index in [-0.39, 0.29) is 26.9 Å². The molecular formula is C19H19N3O7S2. The van der Waals surface area contributed by atoms with Gasteiger partial charge in [0.1, 0.15) is 16.4 Å². The summed E-state index contributed by atoms with van der Waals surface area (Å²) in [5, 5.41) is 9.08. The lowest BCUT2D eigenvalue weighted by Crippen LogP contribution is -2.27. The molecule has 1 atom stereocenters. The fourth-order valence-corrected chi connectivity index (χ4v) is 4.74. The lowest BCUT2D eigenvalue weighted by molar-refractivity contribution is 0.0696. The van der Waals surface area contributed by atoms with E-state index in [2.05, 4.69) is 14.7 Å². The van der Waals surface area contributed by atoms with Gasteiger partial charge in [0, 0.05) is 12.5 Å². The molecule has 0 saturated heterocycles. The van der Waals surface area contributed by atoms with Gasteiger partial charge in [-0.15, -0.1) is 0 Å². The van der Waals surface area contributed by atoms with Crippen molar-refractivity contribution < 1.29 is 31.5 Å². The van der Waals surface area contributed by atoms with Gasteiger partial charge in [-0.3, -0.25) is 0 Å². The van der Waals surface area contributed by atoms with E-state index in [1.807, 2.05) is 0 Å². The number of aromatic carboxylic acids is 1. The predicted molar refractivity (Wildman–Crippen MR) is 110 cm³/mol. The molecule has 1 aromatic heterocycles. The predicted octanol–water partition coefficient (Wildman–Crippen LogP) is 2.34. The Bertz CT molecular complexity index is 1300. The highest BCUT2D eigenvalue weighted by atomic mass is 32.2. The number of H-pyrrole nitrogens is 1. The zero-order valence-electron chi connectivity index (χ0n) is 16.4. The first-order valence-electron chi connectivity index (χ1n) is 8.83. The summed E-state index contributed by atoms with van der Waals surface area (Å²) >= 11 is 0. The lowest BCUT2D eigenvalue weighted by atomic mass is 10.2. The van der Waals surface area contributed by atoms with Gasteiger partial charge in [-0.2, -0.15) is 0 Å². The molecule has 0 bridgehead atoms. The minimum Gasteiger partial charge on any atom is -0.478 e. The maximum Gasteiger partial charge on any atom is 0.335 e. The third-order valence-electron chi connectivity index (χ3n) is 4.27. The number of carboxylic acids is 1. The Morgan fingerprint density at radius 1 is 1.13 bits per heavy atom. The van der Waals surface area contributed by atoms with Crippen LogP contribution in [0.5, 0.6) is 11.5 Å². The van der Waals surface area contributed by atoms with Crippen molar-refractivity contribution in [1.82, 2.24) is 14.7 Å². The van der Waals surface area contributed by atoms with Crippen molar-refractivity contribution in [2.24, 2.45) is 0 Å². The minimum atomic E-state index is -3.84. The highest BCUT2D eigenvalue weighted by Crippen LogP contribution is 2.30. The summed E-state index contributed by atoms with van der Waals surface area (Å²) in [6, 6.07) is 8.27. The van der Waals surface area contributed by atoms with E-state index in [4.69, 9.17) is 9.84 Å². The summed E-state index contributed by atoms with van der Waals surface area (Å²) in [7, 11) is -7.61. The number of nitrogens with one attached hydrogen (secondary N) is 2. The quantitative estimate of drug-likeness (QED) is 0.458. The lowest BCUT2D eigenvalue weighted by Gasteiger charge is -2.14. The molecule has 3 N–H and O–H groups in total. The SMILES string of the molecule is CC(NS(=O)(=O)c1ccc(Oc2ccc(C(=O)O)cc2S(C)(=O)=O)cc1)c1cnc[nH]1. The molecule has 2 aromatic carbocycles. The second-order valence-electron chi connectivity index (χ2n) is 6.66. The van der Waals surface area contributed by atoms with E-state index in [9.17, 15) is 21.6 Å². The van der Waals surface area contributed by atoms with Gasteiger partial charge in [0.25, 0.3) is 0 Å². The van der Waals surface area contributed by atoms with Gasteiger partial charge in [0.2, 0.25) is 10.0 Å². The number of hydrogen-bond donors (Lipinski definition) is 3. The normalized spacial score (nSPS) is 13.0. The average molecular weight is 466 g/mol. The Balaban J connectivity index is 1.83. The van der Waals surface area contributed by atoms with E-state index in [1.54, 1.807) is 6.92 Å². The first-order chi connectivity index (χ1) is 14.5. The van der Waals surface area contributed by atoms with Crippen molar-refractivity contribution in [3.05, 3.63) is 66.2 Å². The van der Waals surface area contributed by atoms with Crippen LogP contribution in [0.25, 0.3) is 0 Å². The maximum absolute atomic E-state index is 12.6. The molecule has 0 aliphatic rings. The number of benzene rings is 2. The number of sulfone groups is 1. The molecule has 1 heterocycles. The fourth-order valence-electron chi connectivity index (χ4n) is 2.70. The summed E-state index contributed by atoms with van der Waals surface area (Å²) in [5.74, 6) is -1.18. The molecular weight excluding hydrogens is 446 g/mol. The van der Waals surface area contributed by atoms with E-state index >= 15 is 0 Å². The zero-order chi connectivity index (χ0) is 22.8. The van der Waals surface area contributed by atoms with Crippen LogP contribution in [0.2, 0.25) is 0 Å². The first kappa shape index (κ1) is 22.5. The van der Waals surface area contributed by atoms with Crippen LogP contribution >= 0.6 is 0 Å². The van der Waals surface area contributed by atoms with E-state index in [0.29, 0.717) is 5.69 Å². The smallest absolute Gasteiger partial charge is 0.335 e. The van der Waals surface area contributed by atoms with Gasteiger partial charge in [-0.05, 0) is 49.4 Å². The van der Waals surface area contributed by atoms with Gasteiger partial charge in [-0.25, -0.2) is 31.3 Å². The van der Waals surface area contributed by atoms with Crippen LogP contribution in [0.1, 0.15) is 29.0 Å². The maximum atomic E-state index is 12.6. The molecule has 0 aliphatic carbocycles. The van der Waals surface area contributed by atoms with Crippen LogP contribution in [0, 0.1) is 0 Å². The minimum absolute atomic E-state index is 0.0178.